The summed E-state index contributed by atoms with van der Waals surface area (Å²) in [6.45, 7) is 4.97. The molecular weight excluding hydrogens is 386 g/mol. The predicted octanol–water partition coefficient (Wildman–Crippen LogP) is 5.11. The van der Waals surface area contributed by atoms with Gasteiger partial charge in [-0.05, 0) is 55.1 Å². The molecule has 0 saturated carbocycles. The number of Topliss-reactive ketones (excluding diaryl/α,β-unsaturated/α-hetero) is 1. The van der Waals surface area contributed by atoms with Crippen LogP contribution in [0.2, 0.25) is 0 Å². The van der Waals surface area contributed by atoms with Gasteiger partial charge < -0.3 is 10.1 Å². The summed E-state index contributed by atoms with van der Waals surface area (Å²) in [5.74, 6) is -1.01. The van der Waals surface area contributed by atoms with Crippen LogP contribution in [0.5, 0.6) is 0 Å². The van der Waals surface area contributed by atoms with Gasteiger partial charge in [0.05, 0.1) is 0 Å². The molecular formula is C23H21NO4S. The van der Waals surface area contributed by atoms with Gasteiger partial charge in [-0.15, -0.1) is 11.3 Å². The normalized spacial score (nSPS) is 11.6. The Balaban J connectivity index is 1.71. The molecule has 0 unspecified atom stereocenters. The van der Waals surface area contributed by atoms with Crippen molar-refractivity contribution in [3.05, 3.63) is 76.0 Å². The van der Waals surface area contributed by atoms with E-state index in [-0.39, 0.29) is 11.7 Å². The first-order valence-electron chi connectivity index (χ1n) is 9.12. The number of carbonyl (C=O) groups is 3. The van der Waals surface area contributed by atoms with Gasteiger partial charge in [-0.3, -0.25) is 9.59 Å². The maximum atomic E-state index is 12.7. The summed E-state index contributed by atoms with van der Waals surface area (Å²) >= 11 is 1.29. The van der Waals surface area contributed by atoms with Crippen molar-refractivity contribution < 1.29 is 19.1 Å². The fourth-order valence-electron chi connectivity index (χ4n) is 2.85. The number of esters is 1. The number of ether oxygens (including phenoxy) is 1. The lowest BCUT2D eigenvalue weighted by molar-refractivity contribution is -0.114. The first kappa shape index (κ1) is 20.5. The number of carbonyl (C=O) groups excluding carboxylic acids is 3. The Hall–Kier alpha value is -3.25. The van der Waals surface area contributed by atoms with Crippen LogP contribution in [0.15, 0.2) is 60.0 Å². The SMILES string of the molecule is CC(=O)Nc1ccc(C(=O)[C@H](C)OC(=O)c2sccc2-c2ccc(C)cc2)cc1. The minimum Gasteiger partial charge on any atom is -0.450 e. The van der Waals surface area contributed by atoms with Crippen LogP contribution in [0.1, 0.15) is 39.4 Å². The molecule has 0 fully saturated rings. The van der Waals surface area contributed by atoms with E-state index in [9.17, 15) is 14.4 Å². The van der Waals surface area contributed by atoms with E-state index in [4.69, 9.17) is 4.74 Å². The Morgan fingerprint density at radius 1 is 0.966 bits per heavy atom. The molecule has 2 aromatic carbocycles. The number of aryl methyl sites for hydroxylation is 1. The number of ketones is 1. The molecule has 1 heterocycles. The second-order valence-electron chi connectivity index (χ2n) is 6.70. The second kappa shape index (κ2) is 8.84. The molecule has 0 aliphatic rings. The van der Waals surface area contributed by atoms with Crippen LogP contribution in [-0.2, 0) is 9.53 Å². The van der Waals surface area contributed by atoms with Gasteiger partial charge in [0.1, 0.15) is 4.88 Å². The monoisotopic (exact) mass is 407 g/mol. The highest BCUT2D eigenvalue weighted by Crippen LogP contribution is 2.29. The van der Waals surface area contributed by atoms with E-state index in [0.717, 1.165) is 16.7 Å². The number of nitrogens with one attached hydrogen (secondary N) is 1. The number of anilines is 1. The van der Waals surface area contributed by atoms with E-state index in [1.807, 2.05) is 42.6 Å². The zero-order valence-electron chi connectivity index (χ0n) is 16.4. The number of benzene rings is 2. The molecule has 148 valence electrons. The highest BCUT2D eigenvalue weighted by Gasteiger charge is 2.23. The van der Waals surface area contributed by atoms with Crippen molar-refractivity contribution in [1.29, 1.82) is 0 Å². The van der Waals surface area contributed by atoms with Crippen LogP contribution in [0.3, 0.4) is 0 Å². The summed E-state index contributed by atoms with van der Waals surface area (Å²) in [5, 5.41) is 4.47. The molecule has 1 atom stereocenters. The fraction of sp³-hybridized carbons (Fsp3) is 0.174. The molecule has 0 bridgehead atoms. The Morgan fingerprint density at radius 3 is 2.24 bits per heavy atom. The molecule has 6 heteroatoms. The van der Waals surface area contributed by atoms with Crippen molar-refractivity contribution in [2.75, 3.05) is 5.32 Å². The lowest BCUT2D eigenvalue weighted by atomic mass is 10.0. The Morgan fingerprint density at radius 2 is 1.62 bits per heavy atom. The van der Waals surface area contributed by atoms with Crippen molar-refractivity contribution in [2.45, 2.75) is 26.9 Å². The maximum Gasteiger partial charge on any atom is 0.349 e. The van der Waals surface area contributed by atoms with Gasteiger partial charge in [-0.25, -0.2) is 4.79 Å². The molecule has 0 spiro atoms. The minimum atomic E-state index is -0.929. The molecule has 0 saturated heterocycles. The van der Waals surface area contributed by atoms with Crippen LogP contribution in [0.25, 0.3) is 11.1 Å². The molecule has 3 aromatic rings. The molecule has 0 aliphatic carbocycles. The maximum absolute atomic E-state index is 12.7. The quantitative estimate of drug-likeness (QED) is 0.455. The van der Waals surface area contributed by atoms with Gasteiger partial charge in [0.15, 0.2) is 6.10 Å². The molecule has 0 aliphatic heterocycles. The van der Waals surface area contributed by atoms with Crippen molar-refractivity contribution in [1.82, 2.24) is 0 Å². The van der Waals surface area contributed by atoms with E-state index in [1.54, 1.807) is 31.2 Å². The first-order valence-corrected chi connectivity index (χ1v) is 10.0. The van der Waals surface area contributed by atoms with Crippen molar-refractivity contribution >= 4 is 34.7 Å². The summed E-state index contributed by atoms with van der Waals surface area (Å²) in [6, 6.07) is 16.2. The Kier molecular flexibility index (Phi) is 6.24. The second-order valence-corrected chi connectivity index (χ2v) is 7.62. The van der Waals surface area contributed by atoms with Gasteiger partial charge in [-0.1, -0.05) is 29.8 Å². The van der Waals surface area contributed by atoms with Gasteiger partial charge >= 0.3 is 5.97 Å². The summed E-state index contributed by atoms with van der Waals surface area (Å²) < 4.78 is 5.44. The van der Waals surface area contributed by atoms with Crippen LogP contribution in [0, 0.1) is 6.92 Å². The van der Waals surface area contributed by atoms with Gasteiger partial charge in [0.2, 0.25) is 11.7 Å². The molecule has 0 radical (unpaired) electrons. The predicted molar refractivity (Wildman–Crippen MR) is 114 cm³/mol. The minimum absolute atomic E-state index is 0.188. The van der Waals surface area contributed by atoms with Gasteiger partial charge in [0, 0.05) is 23.7 Å². The van der Waals surface area contributed by atoms with E-state index >= 15 is 0 Å². The van der Waals surface area contributed by atoms with Crippen LogP contribution >= 0.6 is 11.3 Å². The van der Waals surface area contributed by atoms with Crippen LogP contribution < -0.4 is 5.32 Å². The molecule has 5 nitrogen and oxygen atoms in total. The van der Waals surface area contributed by atoms with Crippen molar-refractivity contribution in [3.8, 4) is 11.1 Å². The fourth-order valence-corrected chi connectivity index (χ4v) is 3.65. The van der Waals surface area contributed by atoms with Gasteiger partial charge in [0.25, 0.3) is 0 Å². The zero-order valence-corrected chi connectivity index (χ0v) is 17.2. The third-order valence-corrected chi connectivity index (χ3v) is 5.25. The van der Waals surface area contributed by atoms with Crippen LogP contribution in [0.4, 0.5) is 5.69 Å². The number of rotatable bonds is 6. The average Bonchev–Trinajstić information content (AvgIpc) is 3.18. The Bertz CT molecular complexity index is 1040. The lowest BCUT2D eigenvalue weighted by Crippen LogP contribution is -2.24. The summed E-state index contributed by atoms with van der Waals surface area (Å²) in [6.07, 6.45) is -0.929. The molecule has 1 N–H and O–H groups in total. The summed E-state index contributed by atoms with van der Waals surface area (Å²) in [7, 11) is 0. The van der Waals surface area contributed by atoms with Gasteiger partial charge in [-0.2, -0.15) is 0 Å². The molecule has 1 aromatic heterocycles. The lowest BCUT2D eigenvalue weighted by Gasteiger charge is -2.13. The summed E-state index contributed by atoms with van der Waals surface area (Å²) in [5.41, 5.74) is 3.86. The van der Waals surface area contributed by atoms with Crippen molar-refractivity contribution in [3.63, 3.8) is 0 Å². The van der Waals surface area contributed by atoms with E-state index in [1.165, 1.54) is 18.3 Å². The number of thiophene rings is 1. The Labute approximate surface area is 173 Å². The topological polar surface area (TPSA) is 72.5 Å². The van der Waals surface area contributed by atoms with E-state index in [0.29, 0.717) is 16.1 Å². The molecule has 3 rings (SSSR count). The zero-order chi connectivity index (χ0) is 21.0. The number of hydrogen-bond donors (Lipinski definition) is 1. The smallest absolute Gasteiger partial charge is 0.349 e. The first-order chi connectivity index (χ1) is 13.8. The van der Waals surface area contributed by atoms with E-state index < -0.39 is 12.1 Å². The largest absolute Gasteiger partial charge is 0.450 e. The standard InChI is InChI=1S/C23H21NO4S/c1-14-4-6-17(7-5-14)20-12-13-29-22(20)23(27)28-15(2)21(26)18-8-10-19(11-9-18)24-16(3)25/h4-13,15H,1-3H3,(H,24,25)/t15-/m0/s1. The summed E-state index contributed by atoms with van der Waals surface area (Å²) in [4.78, 5) is 36.8. The number of hydrogen-bond acceptors (Lipinski definition) is 5. The third-order valence-electron chi connectivity index (χ3n) is 4.36. The van der Waals surface area contributed by atoms with Crippen molar-refractivity contribution in [2.24, 2.45) is 0 Å². The average molecular weight is 407 g/mol. The highest BCUT2D eigenvalue weighted by molar-refractivity contribution is 7.12. The highest BCUT2D eigenvalue weighted by atomic mass is 32.1. The molecule has 1 amide bonds. The number of amides is 1. The third kappa shape index (κ3) is 4.97. The molecule has 29 heavy (non-hydrogen) atoms. The van der Waals surface area contributed by atoms with E-state index in [2.05, 4.69) is 5.32 Å². The van der Waals surface area contributed by atoms with Crippen LogP contribution in [-0.4, -0.2) is 23.8 Å².